The number of aromatic amines is 1. The van der Waals surface area contributed by atoms with E-state index < -0.39 is 0 Å². The van der Waals surface area contributed by atoms with Gasteiger partial charge in [0.15, 0.2) is 0 Å². The Hall–Kier alpha value is -0.870. The van der Waals surface area contributed by atoms with Crippen LogP contribution in [-0.2, 0) is 5.41 Å². The van der Waals surface area contributed by atoms with Crippen LogP contribution in [0.2, 0.25) is 0 Å². The Morgan fingerprint density at radius 1 is 1.57 bits per heavy atom. The molecule has 0 saturated carbocycles. The average molecular weight is 197 g/mol. The molecule has 0 amide bonds. The third-order valence-corrected chi connectivity index (χ3v) is 2.31. The zero-order valence-electron chi connectivity index (χ0n) is 9.04. The van der Waals surface area contributed by atoms with Crippen LogP contribution in [0, 0.1) is 0 Å². The van der Waals surface area contributed by atoms with E-state index in [1.54, 1.807) is 0 Å². The molecule has 0 saturated heterocycles. The highest BCUT2D eigenvalue weighted by molar-refractivity contribution is 5.19. The second-order valence-electron chi connectivity index (χ2n) is 4.57. The SMILES string of the molecule is CC(C)(C)c1cc(C(CN)CO)[nH]n1. The van der Waals surface area contributed by atoms with Crippen molar-refractivity contribution in [2.45, 2.75) is 32.1 Å². The minimum absolute atomic E-state index is 0.0291. The maximum atomic E-state index is 9.06. The fourth-order valence-electron chi connectivity index (χ4n) is 1.23. The molecule has 0 aromatic carbocycles. The number of aromatic nitrogens is 2. The van der Waals surface area contributed by atoms with Gasteiger partial charge in [-0.1, -0.05) is 20.8 Å². The van der Waals surface area contributed by atoms with Crippen LogP contribution in [0.3, 0.4) is 0 Å². The van der Waals surface area contributed by atoms with E-state index in [0.29, 0.717) is 6.54 Å². The Morgan fingerprint density at radius 3 is 2.57 bits per heavy atom. The molecule has 0 aliphatic rings. The molecule has 0 spiro atoms. The van der Waals surface area contributed by atoms with Gasteiger partial charge < -0.3 is 10.8 Å². The Labute approximate surface area is 84.5 Å². The van der Waals surface area contributed by atoms with Gasteiger partial charge in [-0.05, 0) is 6.07 Å². The number of hydrogen-bond donors (Lipinski definition) is 3. The number of aliphatic hydroxyl groups excluding tert-OH is 1. The van der Waals surface area contributed by atoms with Crippen LogP contribution in [0.25, 0.3) is 0 Å². The third kappa shape index (κ3) is 2.33. The number of nitrogens with zero attached hydrogens (tertiary/aromatic N) is 1. The first-order valence-electron chi connectivity index (χ1n) is 4.85. The van der Waals surface area contributed by atoms with E-state index in [2.05, 4.69) is 31.0 Å². The van der Waals surface area contributed by atoms with Crippen molar-refractivity contribution in [3.8, 4) is 0 Å². The van der Waals surface area contributed by atoms with Crippen molar-refractivity contribution in [2.24, 2.45) is 5.73 Å². The highest BCUT2D eigenvalue weighted by Crippen LogP contribution is 2.22. The summed E-state index contributed by atoms with van der Waals surface area (Å²) in [5.74, 6) is -0.0291. The number of nitrogens with one attached hydrogen (secondary N) is 1. The van der Waals surface area contributed by atoms with Crippen LogP contribution in [0.4, 0.5) is 0 Å². The lowest BCUT2D eigenvalue weighted by molar-refractivity contribution is 0.265. The zero-order chi connectivity index (χ0) is 10.8. The molecule has 0 radical (unpaired) electrons. The van der Waals surface area contributed by atoms with Crippen LogP contribution >= 0.6 is 0 Å². The minimum Gasteiger partial charge on any atom is -0.396 e. The van der Waals surface area contributed by atoms with Gasteiger partial charge in [-0.25, -0.2) is 0 Å². The van der Waals surface area contributed by atoms with Gasteiger partial charge in [-0.3, -0.25) is 5.10 Å². The first-order chi connectivity index (χ1) is 6.49. The van der Waals surface area contributed by atoms with Crippen LogP contribution < -0.4 is 5.73 Å². The van der Waals surface area contributed by atoms with Gasteiger partial charge in [0, 0.05) is 23.6 Å². The molecule has 14 heavy (non-hydrogen) atoms. The Morgan fingerprint density at radius 2 is 2.21 bits per heavy atom. The predicted octanol–water partition coefficient (Wildman–Crippen LogP) is 0.742. The quantitative estimate of drug-likeness (QED) is 0.669. The molecule has 0 fully saturated rings. The number of hydrogen-bond acceptors (Lipinski definition) is 3. The first-order valence-corrected chi connectivity index (χ1v) is 4.85. The van der Waals surface area contributed by atoms with Crippen LogP contribution in [0.15, 0.2) is 6.07 Å². The standard InChI is InChI=1S/C10H19N3O/c1-10(2,3)9-4-8(12-13-9)7(5-11)6-14/h4,7,14H,5-6,11H2,1-3H3,(H,12,13). The lowest BCUT2D eigenvalue weighted by Crippen LogP contribution is -2.16. The largest absolute Gasteiger partial charge is 0.396 e. The van der Waals surface area contributed by atoms with E-state index in [0.717, 1.165) is 11.4 Å². The average Bonchev–Trinajstić information content (AvgIpc) is 2.54. The van der Waals surface area contributed by atoms with Crippen molar-refractivity contribution in [2.75, 3.05) is 13.2 Å². The van der Waals surface area contributed by atoms with Gasteiger partial charge in [-0.2, -0.15) is 5.10 Å². The van der Waals surface area contributed by atoms with Gasteiger partial charge in [0.05, 0.1) is 12.3 Å². The van der Waals surface area contributed by atoms with E-state index in [9.17, 15) is 0 Å². The summed E-state index contributed by atoms with van der Waals surface area (Å²) in [4.78, 5) is 0. The smallest absolute Gasteiger partial charge is 0.0678 e. The van der Waals surface area contributed by atoms with Crippen molar-refractivity contribution in [3.05, 3.63) is 17.5 Å². The fraction of sp³-hybridized carbons (Fsp3) is 0.700. The van der Waals surface area contributed by atoms with Crippen molar-refractivity contribution >= 4 is 0 Å². The normalized spacial score (nSPS) is 14.4. The van der Waals surface area contributed by atoms with Gasteiger partial charge >= 0.3 is 0 Å². The van der Waals surface area contributed by atoms with E-state index in [-0.39, 0.29) is 17.9 Å². The molecule has 1 aromatic heterocycles. The monoisotopic (exact) mass is 197 g/mol. The summed E-state index contributed by atoms with van der Waals surface area (Å²) < 4.78 is 0. The molecule has 80 valence electrons. The summed E-state index contributed by atoms with van der Waals surface area (Å²) in [7, 11) is 0. The molecule has 1 unspecified atom stereocenters. The maximum Gasteiger partial charge on any atom is 0.0678 e. The molecule has 1 heterocycles. The van der Waals surface area contributed by atoms with E-state index in [4.69, 9.17) is 10.8 Å². The molecule has 0 aliphatic carbocycles. The second-order valence-corrected chi connectivity index (χ2v) is 4.57. The molecule has 0 bridgehead atoms. The van der Waals surface area contributed by atoms with Crippen molar-refractivity contribution in [3.63, 3.8) is 0 Å². The fourth-order valence-corrected chi connectivity index (χ4v) is 1.23. The zero-order valence-corrected chi connectivity index (χ0v) is 9.04. The second kappa shape index (κ2) is 4.11. The van der Waals surface area contributed by atoms with E-state index >= 15 is 0 Å². The molecule has 4 heteroatoms. The summed E-state index contributed by atoms with van der Waals surface area (Å²) in [6.45, 7) is 6.79. The number of aliphatic hydroxyl groups is 1. The maximum absolute atomic E-state index is 9.06. The Kier molecular flexibility index (Phi) is 3.29. The number of H-pyrrole nitrogens is 1. The van der Waals surface area contributed by atoms with Crippen LogP contribution in [0.5, 0.6) is 0 Å². The van der Waals surface area contributed by atoms with Gasteiger partial charge in [0.2, 0.25) is 0 Å². The van der Waals surface area contributed by atoms with E-state index in [1.807, 2.05) is 6.07 Å². The number of nitrogens with two attached hydrogens (primary N) is 1. The Bertz CT molecular complexity index is 284. The van der Waals surface area contributed by atoms with Crippen LogP contribution in [-0.4, -0.2) is 28.5 Å². The summed E-state index contributed by atoms with van der Waals surface area (Å²) in [6, 6.07) is 1.98. The lowest BCUT2D eigenvalue weighted by Gasteiger charge is -2.14. The molecule has 1 aromatic rings. The summed E-state index contributed by atoms with van der Waals surface area (Å²) in [5, 5.41) is 16.2. The van der Waals surface area contributed by atoms with Crippen molar-refractivity contribution in [1.29, 1.82) is 0 Å². The van der Waals surface area contributed by atoms with Crippen molar-refractivity contribution < 1.29 is 5.11 Å². The van der Waals surface area contributed by atoms with Gasteiger partial charge in [0.25, 0.3) is 0 Å². The summed E-state index contributed by atoms with van der Waals surface area (Å²) in [6.07, 6.45) is 0. The molecule has 0 aliphatic heterocycles. The predicted molar refractivity (Wildman–Crippen MR) is 56.2 cm³/mol. The summed E-state index contributed by atoms with van der Waals surface area (Å²) in [5.41, 5.74) is 7.47. The highest BCUT2D eigenvalue weighted by Gasteiger charge is 2.19. The highest BCUT2D eigenvalue weighted by atomic mass is 16.3. The van der Waals surface area contributed by atoms with Crippen LogP contribution in [0.1, 0.15) is 38.1 Å². The van der Waals surface area contributed by atoms with Crippen molar-refractivity contribution in [1.82, 2.24) is 10.2 Å². The van der Waals surface area contributed by atoms with E-state index in [1.165, 1.54) is 0 Å². The molecular weight excluding hydrogens is 178 g/mol. The molecule has 4 nitrogen and oxygen atoms in total. The molecular formula is C10H19N3O. The minimum atomic E-state index is -0.0291. The molecule has 1 rings (SSSR count). The molecule has 4 N–H and O–H groups in total. The third-order valence-electron chi connectivity index (χ3n) is 2.31. The Balaban J connectivity index is 2.87. The van der Waals surface area contributed by atoms with Gasteiger partial charge in [-0.15, -0.1) is 0 Å². The molecule has 1 atom stereocenters. The summed E-state index contributed by atoms with van der Waals surface area (Å²) >= 11 is 0. The lowest BCUT2D eigenvalue weighted by atomic mass is 9.91. The topological polar surface area (TPSA) is 74.9 Å². The first kappa shape index (κ1) is 11.2. The number of rotatable bonds is 3. The van der Waals surface area contributed by atoms with Gasteiger partial charge in [0.1, 0.15) is 0 Å².